The Morgan fingerprint density at radius 2 is 1.82 bits per heavy atom. The Kier molecular flexibility index (Phi) is 7.50. The number of aliphatic hydroxyl groups is 1. The number of thioether (sulfide) groups is 1. The number of unbranched alkanes of at least 4 members (excludes halogenated alkanes) is 2. The summed E-state index contributed by atoms with van der Waals surface area (Å²) >= 11 is 1.71. The summed E-state index contributed by atoms with van der Waals surface area (Å²) in [5.74, 6) is -0.914. The lowest BCUT2D eigenvalue weighted by atomic mass is 9.65. The van der Waals surface area contributed by atoms with Gasteiger partial charge in [-0.25, -0.2) is 0 Å². The third-order valence-corrected chi connectivity index (χ3v) is 9.61. The van der Waals surface area contributed by atoms with E-state index in [1.54, 1.807) is 23.7 Å². The fourth-order valence-corrected chi connectivity index (χ4v) is 9.29. The molecule has 3 N–H and O–H groups in total. The van der Waals surface area contributed by atoms with Crippen LogP contribution >= 0.6 is 11.8 Å². The molecule has 33 heavy (non-hydrogen) atoms. The minimum absolute atomic E-state index is 0.0469. The maximum Gasteiger partial charge on any atom is 0.244 e. The van der Waals surface area contributed by atoms with Gasteiger partial charge in [0.05, 0.1) is 16.6 Å². The van der Waals surface area contributed by atoms with E-state index >= 15 is 0 Å². The van der Waals surface area contributed by atoms with E-state index in [9.17, 15) is 14.4 Å². The van der Waals surface area contributed by atoms with Crippen molar-refractivity contribution in [3.05, 3.63) is 0 Å². The molecule has 3 heterocycles. The van der Waals surface area contributed by atoms with Gasteiger partial charge in [0, 0.05) is 31.0 Å². The van der Waals surface area contributed by atoms with Crippen molar-refractivity contribution in [1.29, 1.82) is 0 Å². The van der Waals surface area contributed by atoms with Gasteiger partial charge in [0.15, 0.2) is 0 Å². The molecular weight excluding hydrogens is 438 g/mol. The molecule has 0 aromatic heterocycles. The summed E-state index contributed by atoms with van der Waals surface area (Å²) in [6.07, 6.45) is 3.87. The topological polar surface area (TPSA) is 98.7 Å². The molecule has 3 aliphatic heterocycles. The van der Waals surface area contributed by atoms with E-state index in [1.165, 1.54) is 0 Å². The molecule has 3 aliphatic rings. The first-order valence-electron chi connectivity index (χ1n) is 12.4. The molecule has 2 bridgehead atoms. The Hall–Kier alpha value is -1.28. The highest BCUT2D eigenvalue weighted by Crippen LogP contribution is 2.68. The van der Waals surface area contributed by atoms with Crippen LogP contribution in [0.1, 0.15) is 73.6 Å². The lowest BCUT2D eigenvalue weighted by Gasteiger charge is -2.41. The van der Waals surface area contributed by atoms with Gasteiger partial charge >= 0.3 is 0 Å². The van der Waals surface area contributed by atoms with E-state index in [2.05, 4.69) is 38.3 Å². The molecule has 0 aliphatic carbocycles. The number of carbonyl (C=O) groups is 3. The molecule has 8 heteroatoms. The van der Waals surface area contributed by atoms with Crippen LogP contribution in [0.4, 0.5) is 0 Å². The summed E-state index contributed by atoms with van der Waals surface area (Å²) in [5, 5.41) is 15.3. The zero-order valence-corrected chi connectivity index (χ0v) is 22.2. The van der Waals surface area contributed by atoms with E-state index in [4.69, 9.17) is 5.11 Å². The molecule has 0 saturated carbocycles. The van der Waals surface area contributed by atoms with Crippen LogP contribution < -0.4 is 10.6 Å². The molecule has 0 aromatic carbocycles. The van der Waals surface area contributed by atoms with Gasteiger partial charge in [0.1, 0.15) is 6.04 Å². The van der Waals surface area contributed by atoms with Gasteiger partial charge in [-0.1, -0.05) is 27.7 Å². The highest BCUT2D eigenvalue weighted by atomic mass is 32.2. The minimum Gasteiger partial charge on any atom is -0.396 e. The van der Waals surface area contributed by atoms with E-state index in [1.807, 2.05) is 13.8 Å². The van der Waals surface area contributed by atoms with Crippen molar-refractivity contribution in [3.8, 4) is 0 Å². The van der Waals surface area contributed by atoms with Crippen LogP contribution in [-0.2, 0) is 14.4 Å². The van der Waals surface area contributed by atoms with E-state index in [0.717, 1.165) is 25.7 Å². The monoisotopic (exact) mass is 481 g/mol. The number of aliphatic hydroxyl groups excluding tert-OH is 1. The van der Waals surface area contributed by atoms with Crippen molar-refractivity contribution >= 4 is 29.5 Å². The quantitative estimate of drug-likeness (QED) is 0.440. The molecule has 3 unspecified atom stereocenters. The molecule has 3 saturated heterocycles. The number of likely N-dealkylation sites (tertiary alicyclic amines) is 1. The number of rotatable bonds is 9. The van der Waals surface area contributed by atoms with Crippen LogP contribution in [0.25, 0.3) is 0 Å². The van der Waals surface area contributed by atoms with Gasteiger partial charge in [-0.05, 0) is 57.3 Å². The second-order valence-corrected chi connectivity index (χ2v) is 13.6. The Morgan fingerprint density at radius 1 is 1.15 bits per heavy atom. The summed E-state index contributed by atoms with van der Waals surface area (Å²) < 4.78 is -0.572. The second kappa shape index (κ2) is 9.40. The van der Waals surface area contributed by atoms with Crippen LogP contribution in [0.15, 0.2) is 0 Å². The highest BCUT2D eigenvalue weighted by molar-refractivity contribution is 8.02. The van der Waals surface area contributed by atoms with Gasteiger partial charge in [-0.15, -0.1) is 11.8 Å². The largest absolute Gasteiger partial charge is 0.396 e. The maximum atomic E-state index is 13.9. The average molecular weight is 482 g/mol. The molecule has 7 nitrogen and oxygen atoms in total. The van der Waals surface area contributed by atoms with Crippen LogP contribution in [-0.4, -0.2) is 69.5 Å². The number of amides is 3. The molecule has 0 radical (unpaired) electrons. The molecule has 3 rings (SSSR count). The zero-order valence-electron chi connectivity index (χ0n) is 21.4. The van der Waals surface area contributed by atoms with Crippen LogP contribution in [0.5, 0.6) is 0 Å². The Labute approximate surface area is 203 Å². The zero-order chi connectivity index (χ0) is 24.8. The third kappa shape index (κ3) is 4.79. The molecule has 1 spiro atoms. The second-order valence-electron chi connectivity index (χ2n) is 12.1. The fourth-order valence-electron chi connectivity index (χ4n) is 6.87. The van der Waals surface area contributed by atoms with Crippen molar-refractivity contribution in [3.63, 3.8) is 0 Å². The number of hydrogen-bond acceptors (Lipinski definition) is 5. The van der Waals surface area contributed by atoms with E-state index in [0.29, 0.717) is 13.0 Å². The molecule has 3 amide bonds. The van der Waals surface area contributed by atoms with Crippen LogP contribution in [0.3, 0.4) is 0 Å². The lowest BCUT2D eigenvalue weighted by Crippen LogP contribution is -2.60. The van der Waals surface area contributed by atoms with Gasteiger partial charge in [0.25, 0.3) is 0 Å². The predicted octanol–water partition coefficient (Wildman–Crippen LogP) is 2.56. The van der Waals surface area contributed by atoms with E-state index in [-0.39, 0.29) is 46.8 Å². The Bertz CT molecular complexity index is 780. The summed E-state index contributed by atoms with van der Waals surface area (Å²) in [5.41, 5.74) is -0.369. The molecule has 3 fully saturated rings. The smallest absolute Gasteiger partial charge is 0.244 e. The normalized spacial score (nSPS) is 33.4. The van der Waals surface area contributed by atoms with Crippen molar-refractivity contribution < 1.29 is 19.5 Å². The number of nitrogens with one attached hydrogen (secondary N) is 2. The lowest BCUT2D eigenvalue weighted by molar-refractivity contribution is -0.140. The summed E-state index contributed by atoms with van der Waals surface area (Å²) in [6.45, 7) is 13.3. The summed E-state index contributed by atoms with van der Waals surface area (Å²) in [4.78, 5) is 42.4. The number of fused-ring (bicyclic) bond motifs is 1. The summed E-state index contributed by atoms with van der Waals surface area (Å²) in [6, 6.07) is -0.581. The average Bonchev–Trinajstić information content (AvgIpc) is 3.26. The van der Waals surface area contributed by atoms with Crippen molar-refractivity contribution in [2.75, 3.05) is 20.2 Å². The van der Waals surface area contributed by atoms with Crippen molar-refractivity contribution in [2.24, 2.45) is 23.2 Å². The minimum atomic E-state index is -0.581. The van der Waals surface area contributed by atoms with Crippen molar-refractivity contribution in [1.82, 2.24) is 15.5 Å². The fraction of sp³-hybridized carbons (Fsp3) is 0.880. The molecule has 188 valence electrons. The number of hydrogen-bond donors (Lipinski definition) is 3. The molecule has 0 aromatic rings. The Balaban J connectivity index is 1.95. The van der Waals surface area contributed by atoms with Gasteiger partial charge in [-0.2, -0.15) is 0 Å². The Morgan fingerprint density at radius 3 is 2.39 bits per heavy atom. The van der Waals surface area contributed by atoms with Crippen LogP contribution in [0, 0.1) is 23.2 Å². The SMILES string of the molecule is CNC(=O)[C@@H]1[C@@H]2CC(C)C3(S2)C(C(=O)NC(C)(C)CC(C)(C)C)N(CCCCCO)C(=O)[C@H]13. The van der Waals surface area contributed by atoms with Crippen molar-refractivity contribution in [2.45, 2.75) is 95.2 Å². The molecular formula is C25H43N3O4S. The van der Waals surface area contributed by atoms with Gasteiger partial charge in [0.2, 0.25) is 17.7 Å². The summed E-state index contributed by atoms with van der Waals surface area (Å²) in [7, 11) is 1.63. The first-order valence-corrected chi connectivity index (χ1v) is 13.3. The standard InChI is InChI=1S/C25H43N3O4S/c1-15-13-16-17(20(30)26-7)18-22(32)28(11-9-8-10-12-29)19(25(15,18)33-16)21(31)27-24(5,6)14-23(2,3)4/h15-19,29H,8-14H2,1-7H3,(H,26,30)(H,27,31)/t15?,16-,17+,18-,19?,25?/m0/s1. The predicted molar refractivity (Wildman–Crippen MR) is 132 cm³/mol. The third-order valence-electron chi connectivity index (χ3n) is 7.53. The maximum absolute atomic E-state index is 13.9. The van der Waals surface area contributed by atoms with E-state index < -0.39 is 22.2 Å². The highest BCUT2D eigenvalue weighted by Gasteiger charge is 2.75. The number of carbonyl (C=O) groups excluding carboxylic acids is 3. The first kappa shape index (κ1) is 26.3. The van der Waals surface area contributed by atoms with Crippen LogP contribution in [0.2, 0.25) is 0 Å². The molecule has 6 atom stereocenters. The van der Waals surface area contributed by atoms with Gasteiger partial charge < -0.3 is 20.6 Å². The first-order chi connectivity index (χ1) is 15.3. The number of nitrogens with zero attached hydrogens (tertiary/aromatic N) is 1. The van der Waals surface area contributed by atoms with Gasteiger partial charge in [-0.3, -0.25) is 14.4 Å².